The van der Waals surface area contributed by atoms with Crippen LogP contribution in [0.2, 0.25) is 0 Å². The van der Waals surface area contributed by atoms with Gasteiger partial charge in [0.25, 0.3) is 0 Å². The van der Waals surface area contributed by atoms with Gasteiger partial charge in [-0.15, -0.1) is 0 Å². The van der Waals surface area contributed by atoms with Crippen LogP contribution in [-0.2, 0) is 14.8 Å². The van der Waals surface area contributed by atoms with Crippen molar-refractivity contribution in [1.29, 1.82) is 0 Å². The summed E-state index contributed by atoms with van der Waals surface area (Å²) in [7, 11) is -2.11. The van der Waals surface area contributed by atoms with Crippen molar-refractivity contribution in [3.05, 3.63) is 47.4 Å². The van der Waals surface area contributed by atoms with Crippen LogP contribution in [-0.4, -0.2) is 53.3 Å². The molecule has 1 aromatic heterocycles. The summed E-state index contributed by atoms with van der Waals surface area (Å²) in [6.45, 7) is 6.48. The molecular formula is C19H26N2O5S. The highest BCUT2D eigenvalue weighted by Crippen LogP contribution is 2.27. The quantitative estimate of drug-likeness (QED) is 0.776. The van der Waals surface area contributed by atoms with Crippen LogP contribution in [0, 0.1) is 13.8 Å². The van der Waals surface area contributed by atoms with Crippen LogP contribution in [0.25, 0.3) is 0 Å². The molecule has 0 amide bonds. The minimum atomic E-state index is -3.68. The van der Waals surface area contributed by atoms with E-state index in [2.05, 4.69) is 9.62 Å². The number of hydrogen-bond donors (Lipinski definition) is 1. The summed E-state index contributed by atoms with van der Waals surface area (Å²) in [5.74, 6) is 1.38. The molecule has 1 saturated heterocycles. The number of ether oxygens (including phenoxy) is 2. The predicted octanol–water partition coefficient (Wildman–Crippen LogP) is 2.26. The number of sulfonamides is 1. The molecule has 3 rings (SSSR count). The van der Waals surface area contributed by atoms with Crippen molar-refractivity contribution in [2.75, 3.05) is 40.0 Å². The number of nitrogens with zero attached hydrogens (tertiary/aromatic N) is 1. The maximum Gasteiger partial charge on any atom is 0.241 e. The molecule has 1 atom stereocenters. The zero-order valence-corrected chi connectivity index (χ0v) is 16.7. The molecule has 2 heterocycles. The molecule has 1 unspecified atom stereocenters. The Kier molecular flexibility index (Phi) is 6.21. The van der Waals surface area contributed by atoms with Gasteiger partial charge in [-0.3, -0.25) is 4.90 Å². The normalized spacial score (nSPS) is 17.0. The van der Waals surface area contributed by atoms with Gasteiger partial charge in [-0.1, -0.05) is 0 Å². The Balaban J connectivity index is 1.82. The maximum atomic E-state index is 13.0. The minimum Gasteiger partial charge on any atom is -0.497 e. The van der Waals surface area contributed by atoms with Gasteiger partial charge in [-0.05, 0) is 49.2 Å². The number of nitrogens with one attached hydrogen (secondary N) is 1. The molecule has 1 fully saturated rings. The lowest BCUT2D eigenvalue weighted by atomic mass is 10.1. The van der Waals surface area contributed by atoms with E-state index < -0.39 is 10.0 Å². The van der Waals surface area contributed by atoms with E-state index >= 15 is 0 Å². The van der Waals surface area contributed by atoms with Gasteiger partial charge >= 0.3 is 0 Å². The Hall–Kier alpha value is -1.87. The molecule has 1 aliphatic rings. The number of rotatable bonds is 7. The number of morpholine rings is 1. The standard InChI is InChI=1S/C19H26N2O5S/c1-14-11-16(24-3)12-15(2)19(14)27(22,23)20-13-17(18-5-4-8-26-18)21-6-9-25-10-7-21/h4-5,8,11-12,17,20H,6-7,9-10,13H2,1-3H3. The van der Waals surface area contributed by atoms with Gasteiger partial charge in [0.05, 0.1) is 37.5 Å². The Morgan fingerprint density at radius 1 is 1.22 bits per heavy atom. The van der Waals surface area contributed by atoms with E-state index in [0.29, 0.717) is 35.0 Å². The second-order valence-corrected chi connectivity index (χ2v) is 8.33. The molecule has 1 aliphatic heterocycles. The fourth-order valence-corrected chi connectivity index (χ4v) is 4.98. The van der Waals surface area contributed by atoms with Gasteiger partial charge in [-0.2, -0.15) is 0 Å². The average molecular weight is 394 g/mol. The number of aryl methyl sites for hydroxylation is 2. The average Bonchev–Trinajstić information content (AvgIpc) is 3.16. The predicted molar refractivity (Wildman–Crippen MR) is 101 cm³/mol. The minimum absolute atomic E-state index is 0.183. The summed E-state index contributed by atoms with van der Waals surface area (Å²) in [4.78, 5) is 2.47. The third-order valence-electron chi connectivity index (χ3n) is 4.76. The molecule has 0 saturated carbocycles. The fraction of sp³-hybridized carbons (Fsp3) is 0.474. The van der Waals surface area contributed by atoms with Crippen LogP contribution >= 0.6 is 0 Å². The number of benzene rings is 1. The largest absolute Gasteiger partial charge is 0.497 e. The van der Waals surface area contributed by atoms with E-state index in [4.69, 9.17) is 13.9 Å². The lowest BCUT2D eigenvalue weighted by Gasteiger charge is -2.33. The summed E-state index contributed by atoms with van der Waals surface area (Å²) in [5.41, 5.74) is 1.31. The third kappa shape index (κ3) is 4.52. The molecule has 0 aliphatic carbocycles. The van der Waals surface area contributed by atoms with E-state index in [-0.39, 0.29) is 12.6 Å². The Bertz CT molecular complexity index is 835. The molecule has 148 valence electrons. The number of furan rings is 1. The Morgan fingerprint density at radius 3 is 2.44 bits per heavy atom. The highest BCUT2D eigenvalue weighted by Gasteiger charge is 2.28. The van der Waals surface area contributed by atoms with Crippen LogP contribution in [0.4, 0.5) is 0 Å². The highest BCUT2D eigenvalue weighted by molar-refractivity contribution is 7.89. The Labute approximate surface area is 160 Å². The van der Waals surface area contributed by atoms with Crippen LogP contribution in [0.15, 0.2) is 39.8 Å². The van der Waals surface area contributed by atoms with Crippen LogP contribution in [0.1, 0.15) is 22.9 Å². The third-order valence-corrected chi connectivity index (χ3v) is 6.49. The number of hydrogen-bond acceptors (Lipinski definition) is 6. The molecule has 1 N–H and O–H groups in total. The molecule has 0 radical (unpaired) electrons. The fourth-order valence-electron chi connectivity index (χ4n) is 3.49. The smallest absolute Gasteiger partial charge is 0.241 e. The van der Waals surface area contributed by atoms with Crippen molar-refractivity contribution in [2.45, 2.75) is 24.8 Å². The highest BCUT2D eigenvalue weighted by atomic mass is 32.2. The van der Waals surface area contributed by atoms with Crippen LogP contribution in [0.5, 0.6) is 5.75 Å². The molecule has 2 aromatic rings. The van der Waals surface area contributed by atoms with Crippen molar-refractivity contribution in [3.8, 4) is 5.75 Å². The van der Waals surface area contributed by atoms with E-state index in [1.165, 1.54) is 0 Å². The SMILES string of the molecule is COc1cc(C)c(S(=O)(=O)NCC(c2ccco2)N2CCOCC2)c(C)c1. The lowest BCUT2D eigenvalue weighted by molar-refractivity contribution is 0.0128. The molecule has 0 bridgehead atoms. The summed E-state index contributed by atoms with van der Waals surface area (Å²) >= 11 is 0. The van der Waals surface area contributed by atoms with Gasteiger partial charge in [0.2, 0.25) is 10.0 Å². The van der Waals surface area contributed by atoms with Crippen LogP contribution < -0.4 is 9.46 Å². The van der Waals surface area contributed by atoms with Gasteiger partial charge in [-0.25, -0.2) is 13.1 Å². The molecular weight excluding hydrogens is 368 g/mol. The lowest BCUT2D eigenvalue weighted by Crippen LogP contribution is -2.43. The molecule has 1 aromatic carbocycles. The molecule has 8 heteroatoms. The van der Waals surface area contributed by atoms with Gasteiger partial charge in [0, 0.05) is 19.6 Å². The van der Waals surface area contributed by atoms with E-state index in [9.17, 15) is 8.42 Å². The van der Waals surface area contributed by atoms with E-state index in [1.54, 1.807) is 39.4 Å². The molecule has 27 heavy (non-hydrogen) atoms. The summed E-state index contributed by atoms with van der Waals surface area (Å²) in [5, 5.41) is 0. The van der Waals surface area contributed by atoms with Crippen molar-refractivity contribution in [2.24, 2.45) is 0 Å². The molecule has 7 nitrogen and oxygen atoms in total. The van der Waals surface area contributed by atoms with Crippen molar-refractivity contribution < 1.29 is 22.3 Å². The first kappa shape index (κ1) is 19.9. The Morgan fingerprint density at radius 2 is 1.89 bits per heavy atom. The monoisotopic (exact) mass is 394 g/mol. The van der Waals surface area contributed by atoms with Crippen LogP contribution in [0.3, 0.4) is 0 Å². The zero-order chi connectivity index (χ0) is 19.4. The second-order valence-electron chi connectivity index (χ2n) is 6.62. The second kappa shape index (κ2) is 8.43. The first-order valence-electron chi connectivity index (χ1n) is 8.92. The summed E-state index contributed by atoms with van der Waals surface area (Å²) < 4.78 is 45.0. The first-order valence-corrected chi connectivity index (χ1v) is 10.4. The number of methoxy groups -OCH3 is 1. The van der Waals surface area contributed by atoms with E-state index in [1.807, 2.05) is 12.1 Å². The summed E-state index contributed by atoms with van der Waals surface area (Å²) in [6.07, 6.45) is 1.61. The van der Waals surface area contributed by atoms with Gasteiger partial charge < -0.3 is 13.9 Å². The zero-order valence-electron chi connectivity index (χ0n) is 15.9. The van der Waals surface area contributed by atoms with Crippen molar-refractivity contribution in [3.63, 3.8) is 0 Å². The topological polar surface area (TPSA) is 81.0 Å². The van der Waals surface area contributed by atoms with E-state index in [0.717, 1.165) is 18.8 Å². The van der Waals surface area contributed by atoms with Gasteiger partial charge in [0.15, 0.2) is 0 Å². The maximum absolute atomic E-state index is 13.0. The van der Waals surface area contributed by atoms with Crippen molar-refractivity contribution in [1.82, 2.24) is 9.62 Å². The van der Waals surface area contributed by atoms with Crippen molar-refractivity contribution >= 4 is 10.0 Å². The summed E-state index contributed by atoms with van der Waals surface area (Å²) in [6, 6.07) is 6.96. The molecule has 0 spiro atoms. The van der Waals surface area contributed by atoms with Gasteiger partial charge in [0.1, 0.15) is 11.5 Å². The first-order chi connectivity index (χ1) is 12.9.